The average Bonchev–Trinajstić information content (AvgIpc) is 3.48. The molecule has 2 aliphatic rings. The SMILES string of the molecule is CC1(C)c2ccccc2-c2ccc(N(c3ccc(C#N)cc3)c3ccc(-c4cc5c6c(ccc7cccc(c76)C5(C)C)c4)cc3)cc21. The van der Waals surface area contributed by atoms with E-state index in [4.69, 9.17) is 0 Å². The van der Waals surface area contributed by atoms with Gasteiger partial charge in [0.1, 0.15) is 0 Å². The zero-order valence-corrected chi connectivity index (χ0v) is 27.1. The zero-order valence-electron chi connectivity index (χ0n) is 27.1. The molecule has 7 aromatic rings. The second-order valence-electron chi connectivity index (χ2n) is 14.2. The molecule has 0 unspecified atom stereocenters. The first kappa shape index (κ1) is 27.6. The summed E-state index contributed by atoms with van der Waals surface area (Å²) >= 11 is 0. The van der Waals surface area contributed by atoms with Gasteiger partial charge in [0.25, 0.3) is 0 Å². The molecule has 0 aromatic heterocycles. The highest BCUT2D eigenvalue weighted by Gasteiger charge is 2.36. The van der Waals surface area contributed by atoms with Crippen LogP contribution in [0.25, 0.3) is 43.8 Å². The Bertz CT molecular complexity index is 2460. The molecule has 47 heavy (non-hydrogen) atoms. The van der Waals surface area contributed by atoms with Crippen molar-refractivity contribution in [2.24, 2.45) is 0 Å². The summed E-state index contributed by atoms with van der Waals surface area (Å²) in [5.41, 5.74) is 14.3. The molecule has 2 aliphatic carbocycles. The van der Waals surface area contributed by atoms with Crippen LogP contribution in [0.2, 0.25) is 0 Å². The molecule has 9 rings (SSSR count). The van der Waals surface area contributed by atoms with E-state index in [-0.39, 0.29) is 10.8 Å². The van der Waals surface area contributed by atoms with Crippen LogP contribution in [0, 0.1) is 11.3 Å². The largest absolute Gasteiger partial charge is 0.310 e. The standard InChI is InChI=1S/C45H34N2/c1-44(2)38-10-6-5-9-36(38)37-23-22-35(26-40(37)44)47(33-18-12-28(27-46)13-19-33)34-20-16-29(17-21-34)32-24-31-15-14-30-8-7-11-39-42(30)43(31)41(25-32)45(39,3)4/h5-26H,1-4H3. The highest BCUT2D eigenvalue weighted by atomic mass is 15.1. The van der Waals surface area contributed by atoms with Crippen molar-refractivity contribution in [1.29, 1.82) is 5.26 Å². The molecular weight excluding hydrogens is 569 g/mol. The van der Waals surface area contributed by atoms with Crippen LogP contribution in [0.1, 0.15) is 55.5 Å². The van der Waals surface area contributed by atoms with Gasteiger partial charge in [-0.3, -0.25) is 0 Å². The highest BCUT2D eigenvalue weighted by molar-refractivity contribution is 6.15. The molecule has 7 aromatic carbocycles. The number of hydrogen-bond acceptors (Lipinski definition) is 2. The summed E-state index contributed by atoms with van der Waals surface area (Å²) in [6.45, 7) is 9.36. The molecule has 0 N–H and O–H groups in total. The quantitative estimate of drug-likeness (QED) is 0.187. The summed E-state index contributed by atoms with van der Waals surface area (Å²) in [5.74, 6) is 0. The Labute approximate surface area is 276 Å². The van der Waals surface area contributed by atoms with Gasteiger partial charge in [-0.2, -0.15) is 5.26 Å². The highest BCUT2D eigenvalue weighted by Crippen LogP contribution is 2.52. The Morgan fingerprint density at radius 2 is 1.09 bits per heavy atom. The number of nitrogens with zero attached hydrogens (tertiary/aromatic N) is 2. The normalized spacial score (nSPS) is 14.7. The lowest BCUT2D eigenvalue weighted by Crippen LogP contribution is -2.16. The van der Waals surface area contributed by atoms with Crippen molar-refractivity contribution in [3.63, 3.8) is 0 Å². The molecule has 0 amide bonds. The molecule has 2 heteroatoms. The van der Waals surface area contributed by atoms with Crippen molar-refractivity contribution in [3.05, 3.63) is 161 Å². The van der Waals surface area contributed by atoms with Crippen LogP contribution >= 0.6 is 0 Å². The lowest BCUT2D eigenvalue weighted by Gasteiger charge is -2.28. The predicted molar refractivity (Wildman–Crippen MR) is 196 cm³/mol. The van der Waals surface area contributed by atoms with Crippen molar-refractivity contribution in [3.8, 4) is 28.3 Å². The third-order valence-electron chi connectivity index (χ3n) is 10.8. The van der Waals surface area contributed by atoms with Gasteiger partial charge in [0.2, 0.25) is 0 Å². The van der Waals surface area contributed by atoms with Crippen LogP contribution in [0.4, 0.5) is 17.1 Å². The summed E-state index contributed by atoms with van der Waals surface area (Å²) in [7, 11) is 0. The number of fused-ring (bicyclic) bond motifs is 3. The molecule has 224 valence electrons. The summed E-state index contributed by atoms with van der Waals surface area (Å²) in [4.78, 5) is 2.31. The molecular formula is C45H34N2. The number of benzene rings is 7. The second kappa shape index (κ2) is 9.68. The monoisotopic (exact) mass is 602 g/mol. The molecule has 0 bridgehead atoms. The second-order valence-corrected chi connectivity index (χ2v) is 14.2. The lowest BCUT2D eigenvalue weighted by molar-refractivity contribution is 0.660. The van der Waals surface area contributed by atoms with Gasteiger partial charge < -0.3 is 4.90 Å². The van der Waals surface area contributed by atoms with Crippen LogP contribution < -0.4 is 4.90 Å². The Kier molecular flexibility index (Phi) is 5.69. The van der Waals surface area contributed by atoms with Gasteiger partial charge in [-0.1, -0.05) is 100 Å². The molecule has 0 aliphatic heterocycles. The summed E-state index contributed by atoms with van der Waals surface area (Å²) in [5, 5.41) is 14.9. The minimum absolute atomic E-state index is 0.0508. The van der Waals surface area contributed by atoms with Gasteiger partial charge in [-0.05, 0) is 127 Å². The van der Waals surface area contributed by atoms with E-state index in [0.29, 0.717) is 5.56 Å². The fraction of sp³-hybridized carbons (Fsp3) is 0.133. The molecule has 0 fully saturated rings. The van der Waals surface area contributed by atoms with Crippen molar-refractivity contribution < 1.29 is 0 Å². The molecule has 0 saturated carbocycles. The smallest absolute Gasteiger partial charge is 0.0991 e. The third kappa shape index (κ3) is 3.90. The molecule has 2 nitrogen and oxygen atoms in total. The maximum atomic E-state index is 9.50. The lowest BCUT2D eigenvalue weighted by atomic mass is 9.81. The molecule has 0 heterocycles. The topological polar surface area (TPSA) is 27.0 Å². The van der Waals surface area contributed by atoms with E-state index in [1.807, 2.05) is 24.3 Å². The van der Waals surface area contributed by atoms with Gasteiger partial charge in [0.15, 0.2) is 0 Å². The van der Waals surface area contributed by atoms with Gasteiger partial charge in [0.05, 0.1) is 11.6 Å². The Balaban J connectivity index is 1.16. The molecule has 0 radical (unpaired) electrons. The Morgan fingerprint density at radius 1 is 0.468 bits per heavy atom. The third-order valence-corrected chi connectivity index (χ3v) is 10.8. The first-order valence-electron chi connectivity index (χ1n) is 16.4. The van der Waals surface area contributed by atoms with Crippen LogP contribution in [-0.2, 0) is 10.8 Å². The van der Waals surface area contributed by atoms with Crippen molar-refractivity contribution in [2.45, 2.75) is 38.5 Å². The van der Waals surface area contributed by atoms with E-state index in [1.165, 1.54) is 66.1 Å². The van der Waals surface area contributed by atoms with Gasteiger partial charge in [0, 0.05) is 27.9 Å². The van der Waals surface area contributed by atoms with Gasteiger partial charge in [-0.25, -0.2) is 0 Å². The molecule has 0 saturated heterocycles. The molecule has 0 spiro atoms. The van der Waals surface area contributed by atoms with Gasteiger partial charge in [-0.15, -0.1) is 0 Å². The average molecular weight is 603 g/mol. The summed E-state index contributed by atoms with van der Waals surface area (Å²) < 4.78 is 0. The number of nitriles is 1. The Morgan fingerprint density at radius 3 is 1.85 bits per heavy atom. The van der Waals surface area contributed by atoms with E-state index in [2.05, 4.69) is 148 Å². The minimum Gasteiger partial charge on any atom is -0.310 e. The van der Waals surface area contributed by atoms with Crippen LogP contribution in [0.5, 0.6) is 0 Å². The number of hydrogen-bond donors (Lipinski definition) is 0. The van der Waals surface area contributed by atoms with E-state index in [1.54, 1.807) is 0 Å². The predicted octanol–water partition coefficient (Wildman–Crippen LogP) is 11.9. The van der Waals surface area contributed by atoms with Crippen LogP contribution in [0.3, 0.4) is 0 Å². The Hall–Kier alpha value is -5.65. The maximum absolute atomic E-state index is 9.50. The van der Waals surface area contributed by atoms with Crippen LogP contribution in [0.15, 0.2) is 133 Å². The van der Waals surface area contributed by atoms with E-state index < -0.39 is 0 Å². The zero-order chi connectivity index (χ0) is 32.1. The number of anilines is 3. The first-order valence-corrected chi connectivity index (χ1v) is 16.4. The fourth-order valence-corrected chi connectivity index (χ4v) is 8.33. The minimum atomic E-state index is -0.0986. The van der Waals surface area contributed by atoms with Crippen molar-refractivity contribution in [2.75, 3.05) is 4.90 Å². The molecule has 0 atom stereocenters. The van der Waals surface area contributed by atoms with Crippen molar-refractivity contribution in [1.82, 2.24) is 0 Å². The summed E-state index contributed by atoms with van der Waals surface area (Å²) in [6.07, 6.45) is 0. The van der Waals surface area contributed by atoms with E-state index in [9.17, 15) is 5.26 Å². The number of rotatable bonds is 4. The van der Waals surface area contributed by atoms with Crippen LogP contribution in [-0.4, -0.2) is 0 Å². The van der Waals surface area contributed by atoms with Gasteiger partial charge >= 0.3 is 0 Å². The van der Waals surface area contributed by atoms with E-state index in [0.717, 1.165) is 17.1 Å². The summed E-state index contributed by atoms with van der Waals surface area (Å²) in [6, 6.07) is 50.8. The fourth-order valence-electron chi connectivity index (χ4n) is 8.33. The van der Waals surface area contributed by atoms with Crippen molar-refractivity contribution >= 4 is 38.6 Å². The maximum Gasteiger partial charge on any atom is 0.0991 e. The van der Waals surface area contributed by atoms with E-state index >= 15 is 0 Å². The first-order chi connectivity index (χ1) is 22.8.